The number of aliphatic hydroxyl groups is 3. The van der Waals surface area contributed by atoms with Crippen molar-refractivity contribution in [1.29, 1.82) is 0 Å². The number of esters is 1. The largest absolute Gasteiger partial charge is 0.457 e. The van der Waals surface area contributed by atoms with Crippen LogP contribution in [0.4, 0.5) is 0 Å². The predicted molar refractivity (Wildman–Crippen MR) is 235 cm³/mol. The Morgan fingerprint density at radius 2 is 0.966 bits per heavy atom. The van der Waals surface area contributed by atoms with E-state index in [1.807, 2.05) is 0 Å². The zero-order valence-corrected chi connectivity index (χ0v) is 38.4. The van der Waals surface area contributed by atoms with Gasteiger partial charge < -0.3 is 34.3 Å². The molecule has 6 atom stereocenters. The topological polar surface area (TPSA) is 178 Å². The van der Waals surface area contributed by atoms with Crippen LogP contribution in [0.25, 0.3) is 0 Å². The Hall–Kier alpha value is -0.900. The Balaban J connectivity index is 2.34. The third-order valence-corrected chi connectivity index (χ3v) is 11.9. The van der Waals surface area contributed by atoms with Crippen LogP contribution in [-0.2, 0) is 38.3 Å². The molecular formula is C46H90O12S. The van der Waals surface area contributed by atoms with Crippen LogP contribution in [0.3, 0.4) is 0 Å². The van der Waals surface area contributed by atoms with E-state index >= 15 is 0 Å². The smallest absolute Gasteiger partial charge is 0.397 e. The number of hydrogen-bond acceptors (Lipinski definition) is 11. The van der Waals surface area contributed by atoms with Gasteiger partial charge in [-0.25, -0.2) is 4.18 Å². The van der Waals surface area contributed by atoms with Gasteiger partial charge in [0.2, 0.25) is 0 Å². The summed E-state index contributed by atoms with van der Waals surface area (Å²) in [7, 11) is -5.06. The summed E-state index contributed by atoms with van der Waals surface area (Å²) in [6, 6.07) is 0. The molecule has 0 aliphatic carbocycles. The van der Waals surface area contributed by atoms with Crippen molar-refractivity contribution in [2.24, 2.45) is 0 Å². The van der Waals surface area contributed by atoms with E-state index in [-0.39, 0.29) is 19.6 Å². The van der Waals surface area contributed by atoms with Crippen LogP contribution in [0.15, 0.2) is 0 Å². The van der Waals surface area contributed by atoms with Gasteiger partial charge in [-0.3, -0.25) is 9.35 Å². The molecule has 6 unspecified atom stereocenters. The van der Waals surface area contributed by atoms with Crippen LogP contribution < -0.4 is 0 Å². The van der Waals surface area contributed by atoms with Crippen LogP contribution in [0, 0.1) is 0 Å². The van der Waals surface area contributed by atoms with Crippen molar-refractivity contribution in [3.63, 3.8) is 0 Å². The second-order valence-electron chi connectivity index (χ2n) is 17.1. The van der Waals surface area contributed by atoms with Gasteiger partial charge in [-0.2, -0.15) is 8.42 Å². The molecule has 1 saturated heterocycles. The van der Waals surface area contributed by atoms with Crippen LogP contribution >= 0.6 is 0 Å². The van der Waals surface area contributed by atoms with Gasteiger partial charge in [-0.1, -0.05) is 206 Å². The lowest BCUT2D eigenvalue weighted by atomic mass is 9.99. The maximum Gasteiger partial charge on any atom is 0.397 e. The molecule has 13 heteroatoms. The molecule has 1 aliphatic rings. The highest BCUT2D eigenvalue weighted by Gasteiger charge is 2.48. The molecule has 1 aliphatic heterocycles. The second-order valence-corrected chi connectivity index (χ2v) is 18.1. The number of unbranched alkanes of at least 4 members (excludes halogenated alkanes) is 30. The summed E-state index contributed by atoms with van der Waals surface area (Å²) in [5.74, 6) is -0.394. The molecule has 0 saturated carbocycles. The monoisotopic (exact) mass is 867 g/mol. The highest BCUT2D eigenvalue weighted by atomic mass is 32.3. The summed E-state index contributed by atoms with van der Waals surface area (Å²) in [5, 5.41) is 30.7. The van der Waals surface area contributed by atoms with Crippen LogP contribution in [0.2, 0.25) is 0 Å². The average Bonchev–Trinajstić information content (AvgIpc) is 3.20. The lowest BCUT2D eigenvalue weighted by Gasteiger charge is -2.41. The lowest BCUT2D eigenvalue weighted by molar-refractivity contribution is -0.301. The van der Waals surface area contributed by atoms with Gasteiger partial charge in [-0.05, 0) is 12.8 Å². The predicted octanol–water partition coefficient (Wildman–Crippen LogP) is 10.5. The highest BCUT2D eigenvalue weighted by Crippen LogP contribution is 2.26. The summed E-state index contributed by atoms with van der Waals surface area (Å²) in [5.41, 5.74) is 0. The minimum Gasteiger partial charge on any atom is -0.457 e. The molecule has 0 aromatic rings. The molecule has 1 fully saturated rings. The molecule has 0 aromatic carbocycles. The Bertz CT molecular complexity index is 1050. The van der Waals surface area contributed by atoms with Gasteiger partial charge in [-0.15, -0.1) is 0 Å². The Morgan fingerprint density at radius 1 is 0.576 bits per heavy atom. The molecule has 0 bridgehead atoms. The molecule has 0 radical (unpaired) electrons. The normalized spacial score (nSPS) is 20.3. The van der Waals surface area contributed by atoms with Crippen molar-refractivity contribution in [1.82, 2.24) is 0 Å². The number of ether oxygens (including phenoxy) is 4. The lowest BCUT2D eigenvalue weighted by Crippen LogP contribution is -2.60. The Morgan fingerprint density at radius 3 is 1.36 bits per heavy atom. The summed E-state index contributed by atoms with van der Waals surface area (Å²) >= 11 is 0. The van der Waals surface area contributed by atoms with Gasteiger partial charge in [0.05, 0.1) is 19.8 Å². The molecule has 1 heterocycles. The first-order valence-electron chi connectivity index (χ1n) is 24.3. The molecule has 0 amide bonds. The summed E-state index contributed by atoms with van der Waals surface area (Å²) in [4.78, 5) is 12.8. The standard InChI is InChI=1S/C46H90O12S/c1-3-5-7-9-11-13-15-17-18-19-20-21-22-23-24-26-28-30-32-34-36-54-38-40(56-42(48)35-33-31-29-27-25-16-14-12-10-8-6-4-2)39-55-46-44(50)45(58-59(51,52)53)43(49)41(37-47)57-46/h40-41,43-47,49-50H,3-39H2,1-2H3,(H,51,52,53). The number of aliphatic hydroxyl groups excluding tert-OH is 3. The zero-order valence-electron chi connectivity index (χ0n) is 37.6. The van der Waals surface area contributed by atoms with E-state index in [1.165, 1.54) is 161 Å². The third kappa shape index (κ3) is 32.4. The Labute approximate surface area is 360 Å². The third-order valence-electron chi connectivity index (χ3n) is 11.5. The molecule has 59 heavy (non-hydrogen) atoms. The second kappa shape index (κ2) is 38.7. The van der Waals surface area contributed by atoms with Crippen molar-refractivity contribution < 1.29 is 56.2 Å². The zero-order chi connectivity index (χ0) is 43.2. The average molecular weight is 867 g/mol. The molecule has 0 aromatic heterocycles. The number of rotatable bonds is 43. The Kier molecular flexibility index (Phi) is 36.9. The van der Waals surface area contributed by atoms with Gasteiger partial charge in [0.25, 0.3) is 0 Å². The fraction of sp³-hybridized carbons (Fsp3) is 0.978. The van der Waals surface area contributed by atoms with E-state index in [2.05, 4.69) is 18.0 Å². The minimum atomic E-state index is -5.06. The van der Waals surface area contributed by atoms with Crippen molar-refractivity contribution in [3.05, 3.63) is 0 Å². The van der Waals surface area contributed by atoms with E-state index < -0.39 is 59.8 Å². The molecule has 4 N–H and O–H groups in total. The number of hydrogen-bond donors (Lipinski definition) is 4. The fourth-order valence-electron chi connectivity index (χ4n) is 7.79. The van der Waals surface area contributed by atoms with Crippen molar-refractivity contribution in [2.45, 2.75) is 263 Å². The molecule has 12 nitrogen and oxygen atoms in total. The van der Waals surface area contributed by atoms with Crippen molar-refractivity contribution in [3.8, 4) is 0 Å². The van der Waals surface area contributed by atoms with E-state index in [0.29, 0.717) is 13.0 Å². The summed E-state index contributed by atoms with van der Waals surface area (Å²) in [6.45, 7) is 4.03. The van der Waals surface area contributed by atoms with E-state index in [1.54, 1.807) is 0 Å². The van der Waals surface area contributed by atoms with Crippen molar-refractivity contribution in [2.75, 3.05) is 26.4 Å². The van der Waals surface area contributed by atoms with Gasteiger partial charge in [0, 0.05) is 13.0 Å². The first-order valence-corrected chi connectivity index (χ1v) is 25.7. The SMILES string of the molecule is CCCCCCCCCCCCCCCCCCCCCCOCC(COC1OC(CO)C(O)C(OS(=O)(=O)O)C1O)OC(=O)CCCCCCCCCCCCCC. The number of carbonyl (C=O) groups excluding carboxylic acids is 1. The van der Waals surface area contributed by atoms with E-state index in [4.69, 9.17) is 23.5 Å². The number of carbonyl (C=O) groups is 1. The maximum atomic E-state index is 12.8. The first kappa shape index (κ1) is 56.1. The molecule has 352 valence electrons. The highest BCUT2D eigenvalue weighted by molar-refractivity contribution is 7.80. The van der Waals surface area contributed by atoms with Gasteiger partial charge >= 0.3 is 16.4 Å². The molecular weight excluding hydrogens is 777 g/mol. The minimum absolute atomic E-state index is 0.0448. The van der Waals surface area contributed by atoms with E-state index in [0.717, 1.165) is 38.5 Å². The van der Waals surface area contributed by atoms with Gasteiger partial charge in [0.15, 0.2) is 6.29 Å². The van der Waals surface area contributed by atoms with Crippen LogP contribution in [-0.4, -0.2) is 97.5 Å². The van der Waals surface area contributed by atoms with Crippen LogP contribution in [0.1, 0.15) is 226 Å². The first-order chi connectivity index (χ1) is 28.6. The van der Waals surface area contributed by atoms with Crippen LogP contribution in [0.5, 0.6) is 0 Å². The maximum absolute atomic E-state index is 12.8. The molecule has 1 rings (SSSR count). The molecule has 0 spiro atoms. The fourth-order valence-corrected chi connectivity index (χ4v) is 8.30. The quantitative estimate of drug-likeness (QED) is 0.0259. The van der Waals surface area contributed by atoms with Gasteiger partial charge in [0.1, 0.15) is 30.5 Å². The van der Waals surface area contributed by atoms with E-state index in [9.17, 15) is 28.5 Å². The summed E-state index contributed by atoms with van der Waals surface area (Å²) < 4.78 is 59.1. The summed E-state index contributed by atoms with van der Waals surface area (Å²) in [6.07, 6.45) is 31.4. The van der Waals surface area contributed by atoms with Crippen molar-refractivity contribution >= 4 is 16.4 Å².